The number of hydrogen-bond acceptors (Lipinski definition) is 2. The van der Waals surface area contributed by atoms with Gasteiger partial charge in [-0.2, -0.15) is 0 Å². The van der Waals surface area contributed by atoms with Gasteiger partial charge in [0.25, 0.3) is 0 Å². The van der Waals surface area contributed by atoms with Crippen LogP contribution < -0.4 is 0 Å². The summed E-state index contributed by atoms with van der Waals surface area (Å²) in [5.74, 6) is 0.608. The van der Waals surface area contributed by atoms with E-state index < -0.39 is 0 Å². The van der Waals surface area contributed by atoms with Gasteiger partial charge in [-0.1, -0.05) is 19.9 Å². The number of nitrogens with zero attached hydrogens (tertiary/aromatic N) is 1. The summed E-state index contributed by atoms with van der Waals surface area (Å²) >= 11 is 0. The minimum atomic E-state index is 0.238. The van der Waals surface area contributed by atoms with E-state index in [9.17, 15) is 4.79 Å². The quantitative estimate of drug-likeness (QED) is 0.755. The van der Waals surface area contributed by atoms with Crippen molar-refractivity contribution in [3.05, 3.63) is 29.6 Å². The van der Waals surface area contributed by atoms with Crippen LogP contribution in [-0.4, -0.2) is 10.8 Å². The lowest BCUT2D eigenvalue weighted by molar-refractivity contribution is -0.120. The molecule has 0 aliphatic heterocycles. The molecule has 0 spiro atoms. The fraction of sp³-hybridized carbons (Fsp3) is 0.538. The summed E-state index contributed by atoms with van der Waals surface area (Å²) in [6, 6.07) is 3.95. The highest BCUT2D eigenvalue weighted by Gasteiger charge is 2.49. The summed E-state index contributed by atoms with van der Waals surface area (Å²) in [5.41, 5.74) is 2.27. The third kappa shape index (κ3) is 2.25. The molecule has 1 aromatic rings. The molecule has 2 heteroatoms. The molecule has 1 unspecified atom stereocenters. The van der Waals surface area contributed by atoms with Crippen LogP contribution in [0.15, 0.2) is 18.3 Å². The predicted octanol–water partition coefficient (Wildman–Crippen LogP) is 2.55. The SMILES string of the molecule is Cc1ccc(CC(=O)C2CC2(C)C)nc1. The molecular formula is C13H17NO. The maximum absolute atomic E-state index is 11.8. The van der Waals surface area contributed by atoms with Gasteiger partial charge < -0.3 is 0 Å². The van der Waals surface area contributed by atoms with Gasteiger partial charge in [-0.15, -0.1) is 0 Å². The van der Waals surface area contributed by atoms with Gasteiger partial charge >= 0.3 is 0 Å². The molecule has 2 rings (SSSR count). The van der Waals surface area contributed by atoms with Crippen molar-refractivity contribution < 1.29 is 4.79 Å². The molecule has 1 aromatic heterocycles. The van der Waals surface area contributed by atoms with Crippen LogP contribution in [-0.2, 0) is 11.2 Å². The van der Waals surface area contributed by atoms with Gasteiger partial charge in [0, 0.05) is 24.2 Å². The van der Waals surface area contributed by atoms with E-state index in [4.69, 9.17) is 0 Å². The number of carbonyl (C=O) groups is 1. The summed E-state index contributed by atoms with van der Waals surface area (Å²) in [6.07, 6.45) is 3.35. The Balaban J connectivity index is 1.98. The van der Waals surface area contributed by atoms with Crippen LogP contribution in [0.1, 0.15) is 31.5 Å². The van der Waals surface area contributed by atoms with E-state index in [-0.39, 0.29) is 11.3 Å². The number of hydrogen-bond donors (Lipinski definition) is 0. The second kappa shape index (κ2) is 3.44. The van der Waals surface area contributed by atoms with E-state index in [1.165, 1.54) is 0 Å². The molecule has 0 N–H and O–H groups in total. The Kier molecular flexibility index (Phi) is 2.37. The van der Waals surface area contributed by atoms with E-state index in [2.05, 4.69) is 18.8 Å². The molecule has 1 fully saturated rings. The standard InChI is InChI=1S/C13H17NO/c1-9-4-5-10(14-8-9)6-12(15)11-7-13(11,2)3/h4-5,8,11H,6-7H2,1-3H3. The van der Waals surface area contributed by atoms with E-state index in [1.54, 1.807) is 0 Å². The lowest BCUT2D eigenvalue weighted by Gasteiger charge is -2.02. The first kappa shape index (κ1) is 10.3. The first-order chi connectivity index (χ1) is 6.99. The van der Waals surface area contributed by atoms with Crippen molar-refractivity contribution in [3.8, 4) is 0 Å². The first-order valence-electron chi connectivity index (χ1n) is 5.43. The largest absolute Gasteiger partial charge is 0.299 e. The second-order valence-corrected chi connectivity index (χ2v) is 5.22. The monoisotopic (exact) mass is 203 g/mol. The van der Waals surface area contributed by atoms with Gasteiger partial charge in [-0.05, 0) is 30.4 Å². The van der Waals surface area contributed by atoms with Crippen molar-refractivity contribution in [2.24, 2.45) is 11.3 Å². The van der Waals surface area contributed by atoms with Gasteiger partial charge in [0.2, 0.25) is 0 Å². The number of ketones is 1. The summed E-state index contributed by atoms with van der Waals surface area (Å²) in [5, 5.41) is 0. The molecule has 15 heavy (non-hydrogen) atoms. The number of rotatable bonds is 3. The van der Waals surface area contributed by atoms with Gasteiger partial charge in [0.05, 0.1) is 0 Å². The summed E-state index contributed by atoms with van der Waals surface area (Å²) < 4.78 is 0. The zero-order chi connectivity index (χ0) is 11.1. The van der Waals surface area contributed by atoms with Crippen molar-refractivity contribution in [1.29, 1.82) is 0 Å². The first-order valence-corrected chi connectivity index (χ1v) is 5.43. The molecule has 80 valence electrons. The Hall–Kier alpha value is -1.18. The Bertz CT molecular complexity index is 378. The average Bonchev–Trinajstić information content (AvgIpc) is 2.79. The van der Waals surface area contributed by atoms with Crippen molar-refractivity contribution >= 4 is 5.78 Å². The van der Waals surface area contributed by atoms with Crippen molar-refractivity contribution in [1.82, 2.24) is 4.98 Å². The van der Waals surface area contributed by atoms with E-state index in [0.29, 0.717) is 12.2 Å². The van der Waals surface area contributed by atoms with E-state index in [0.717, 1.165) is 17.7 Å². The average molecular weight is 203 g/mol. The zero-order valence-corrected chi connectivity index (χ0v) is 9.58. The smallest absolute Gasteiger partial charge is 0.142 e. The van der Waals surface area contributed by atoms with Crippen molar-refractivity contribution in [3.63, 3.8) is 0 Å². The molecule has 2 nitrogen and oxygen atoms in total. The fourth-order valence-corrected chi connectivity index (χ4v) is 1.92. The molecule has 1 heterocycles. The number of carbonyl (C=O) groups excluding carboxylic acids is 1. The third-order valence-electron chi connectivity index (χ3n) is 3.23. The van der Waals surface area contributed by atoms with E-state index in [1.807, 2.05) is 25.3 Å². The summed E-state index contributed by atoms with van der Waals surface area (Å²) in [4.78, 5) is 16.1. The van der Waals surface area contributed by atoms with Gasteiger partial charge in [-0.3, -0.25) is 9.78 Å². The summed E-state index contributed by atoms with van der Waals surface area (Å²) in [6.45, 7) is 6.30. The Morgan fingerprint density at radius 2 is 2.20 bits per heavy atom. The third-order valence-corrected chi connectivity index (χ3v) is 3.23. The van der Waals surface area contributed by atoms with Crippen molar-refractivity contribution in [2.75, 3.05) is 0 Å². The zero-order valence-electron chi connectivity index (χ0n) is 9.58. The van der Waals surface area contributed by atoms with E-state index >= 15 is 0 Å². The van der Waals surface area contributed by atoms with Gasteiger partial charge in [0.1, 0.15) is 5.78 Å². The highest BCUT2D eigenvalue weighted by molar-refractivity contribution is 5.86. The number of Topliss-reactive ketones (excluding diaryl/α,β-unsaturated/α-hetero) is 1. The molecule has 0 bridgehead atoms. The lowest BCUT2D eigenvalue weighted by atomic mass is 10.0. The van der Waals surface area contributed by atoms with Crippen LogP contribution >= 0.6 is 0 Å². The Morgan fingerprint density at radius 1 is 1.53 bits per heavy atom. The number of pyridine rings is 1. The number of aryl methyl sites for hydroxylation is 1. The molecule has 1 aliphatic carbocycles. The Morgan fingerprint density at radius 3 is 2.67 bits per heavy atom. The molecule has 1 saturated carbocycles. The highest BCUT2D eigenvalue weighted by Crippen LogP contribution is 2.52. The number of aromatic nitrogens is 1. The molecular weight excluding hydrogens is 186 g/mol. The fourth-order valence-electron chi connectivity index (χ4n) is 1.92. The van der Waals surface area contributed by atoms with Crippen LogP contribution in [0.5, 0.6) is 0 Å². The van der Waals surface area contributed by atoms with Crippen LogP contribution in [0, 0.1) is 18.3 Å². The second-order valence-electron chi connectivity index (χ2n) is 5.22. The van der Waals surface area contributed by atoms with Gasteiger partial charge in [0.15, 0.2) is 0 Å². The summed E-state index contributed by atoms with van der Waals surface area (Å²) in [7, 11) is 0. The lowest BCUT2D eigenvalue weighted by Crippen LogP contribution is -2.10. The van der Waals surface area contributed by atoms with Crippen LogP contribution in [0.2, 0.25) is 0 Å². The van der Waals surface area contributed by atoms with Crippen molar-refractivity contribution in [2.45, 2.75) is 33.6 Å². The predicted molar refractivity (Wildman–Crippen MR) is 59.6 cm³/mol. The molecule has 1 atom stereocenters. The highest BCUT2D eigenvalue weighted by atomic mass is 16.1. The topological polar surface area (TPSA) is 30.0 Å². The normalized spacial score (nSPS) is 22.5. The molecule has 0 saturated heterocycles. The molecule has 1 aliphatic rings. The minimum absolute atomic E-state index is 0.238. The maximum atomic E-state index is 11.8. The maximum Gasteiger partial charge on any atom is 0.142 e. The molecule has 0 aromatic carbocycles. The minimum Gasteiger partial charge on any atom is -0.299 e. The van der Waals surface area contributed by atoms with Crippen LogP contribution in [0.3, 0.4) is 0 Å². The van der Waals surface area contributed by atoms with Crippen LogP contribution in [0.4, 0.5) is 0 Å². The molecule has 0 amide bonds. The van der Waals surface area contributed by atoms with Gasteiger partial charge in [-0.25, -0.2) is 0 Å². The molecule has 0 radical (unpaired) electrons. The Labute approximate surface area is 90.7 Å². The van der Waals surface area contributed by atoms with Crippen LogP contribution in [0.25, 0.3) is 0 Å².